The van der Waals surface area contributed by atoms with Crippen molar-refractivity contribution >= 4 is 98.7 Å². The number of carbonyl (C=O) groups excluding carboxylic acids is 1. The number of carbonyl (C=O) groups is 1. The predicted molar refractivity (Wildman–Crippen MR) is 105 cm³/mol. The molecule has 0 aliphatic rings. The first kappa shape index (κ1) is 22.0. The molecular formula is C12H11Cl6N3O2S. The number of benzene rings is 1. The monoisotopic (exact) mass is 471 g/mol. The molecule has 0 spiro atoms. The van der Waals surface area contributed by atoms with E-state index in [-0.39, 0.29) is 21.8 Å². The Labute approximate surface area is 174 Å². The summed E-state index contributed by atoms with van der Waals surface area (Å²) in [5.74, 6) is 0. The third-order valence-corrected chi connectivity index (χ3v) is 4.07. The number of amides is 1. The summed E-state index contributed by atoms with van der Waals surface area (Å²) in [5.41, 5.74) is 0.305. The Morgan fingerprint density at radius 3 is 2.21 bits per heavy atom. The topological polar surface area (TPSA) is 62.4 Å². The number of ether oxygens (including phenoxy) is 1. The van der Waals surface area contributed by atoms with Crippen LogP contribution in [0.4, 0.5) is 10.5 Å². The van der Waals surface area contributed by atoms with Crippen LogP contribution in [0, 0.1) is 0 Å². The second kappa shape index (κ2) is 9.57. The van der Waals surface area contributed by atoms with Gasteiger partial charge in [0.25, 0.3) is 0 Å². The van der Waals surface area contributed by atoms with E-state index in [4.69, 9.17) is 86.6 Å². The van der Waals surface area contributed by atoms with E-state index in [9.17, 15) is 4.79 Å². The molecule has 0 aliphatic carbocycles. The van der Waals surface area contributed by atoms with Crippen molar-refractivity contribution in [3.63, 3.8) is 0 Å². The van der Waals surface area contributed by atoms with Gasteiger partial charge in [0.2, 0.25) is 3.79 Å². The number of anilines is 1. The summed E-state index contributed by atoms with van der Waals surface area (Å²) in [6, 6.07) is 2.95. The van der Waals surface area contributed by atoms with E-state index in [1.807, 2.05) is 0 Å². The second-order valence-corrected chi connectivity index (χ2v) is 8.21. The Balaban J connectivity index is 2.84. The number of alkyl halides is 3. The fraction of sp³-hybridized carbons (Fsp3) is 0.333. The summed E-state index contributed by atoms with van der Waals surface area (Å²) < 4.78 is 2.82. The molecular weight excluding hydrogens is 463 g/mol. The highest BCUT2D eigenvalue weighted by Crippen LogP contribution is 2.34. The molecule has 1 amide bonds. The fourth-order valence-corrected chi connectivity index (χ4v) is 2.89. The lowest BCUT2D eigenvalue weighted by Crippen LogP contribution is -2.56. The maximum atomic E-state index is 11.5. The molecule has 0 aliphatic heterocycles. The first-order valence-electron chi connectivity index (χ1n) is 6.26. The normalized spacial score (nSPS) is 12.3. The summed E-state index contributed by atoms with van der Waals surface area (Å²) in [4.78, 5) is 11.5. The van der Waals surface area contributed by atoms with Crippen LogP contribution in [0.2, 0.25) is 15.1 Å². The van der Waals surface area contributed by atoms with Crippen molar-refractivity contribution in [2.75, 3.05) is 11.9 Å². The molecule has 134 valence electrons. The minimum absolute atomic E-state index is 0.00533. The lowest BCUT2D eigenvalue weighted by atomic mass is 10.3. The molecule has 1 rings (SSSR count). The number of thiocarbonyl (C=S) groups is 1. The quantitative estimate of drug-likeness (QED) is 0.311. The largest absolute Gasteiger partial charge is 0.450 e. The highest BCUT2D eigenvalue weighted by atomic mass is 35.6. The number of halogens is 6. The average Bonchev–Trinajstić information content (AvgIpc) is 2.41. The molecule has 0 heterocycles. The van der Waals surface area contributed by atoms with Crippen LogP contribution >= 0.6 is 81.8 Å². The molecule has 0 saturated carbocycles. The van der Waals surface area contributed by atoms with Crippen molar-refractivity contribution in [1.82, 2.24) is 10.6 Å². The van der Waals surface area contributed by atoms with Crippen LogP contribution < -0.4 is 16.0 Å². The summed E-state index contributed by atoms with van der Waals surface area (Å²) in [7, 11) is 0. The smallest absolute Gasteiger partial charge is 0.408 e. The molecule has 1 aromatic carbocycles. The van der Waals surface area contributed by atoms with Gasteiger partial charge in [-0.2, -0.15) is 0 Å². The van der Waals surface area contributed by atoms with Crippen molar-refractivity contribution in [2.45, 2.75) is 16.9 Å². The third-order valence-electron chi connectivity index (χ3n) is 2.39. The Morgan fingerprint density at radius 2 is 1.75 bits per heavy atom. The number of alkyl carbamates (subject to hydrolysis) is 1. The van der Waals surface area contributed by atoms with Gasteiger partial charge in [-0.15, -0.1) is 0 Å². The van der Waals surface area contributed by atoms with Crippen molar-refractivity contribution in [2.24, 2.45) is 0 Å². The van der Waals surface area contributed by atoms with Crippen LogP contribution in [0.5, 0.6) is 0 Å². The molecule has 0 radical (unpaired) electrons. The number of hydrogen-bond donors (Lipinski definition) is 3. The molecule has 0 saturated heterocycles. The zero-order valence-electron chi connectivity index (χ0n) is 11.9. The number of hydrogen-bond acceptors (Lipinski definition) is 3. The van der Waals surface area contributed by atoms with E-state index >= 15 is 0 Å². The van der Waals surface area contributed by atoms with Gasteiger partial charge in [0.05, 0.1) is 22.3 Å². The second-order valence-electron chi connectivity index (χ2n) is 4.18. The Kier molecular flexibility index (Phi) is 8.76. The zero-order valence-corrected chi connectivity index (χ0v) is 17.3. The average molecular weight is 474 g/mol. The highest BCUT2D eigenvalue weighted by molar-refractivity contribution is 7.80. The van der Waals surface area contributed by atoms with Gasteiger partial charge in [0.15, 0.2) is 11.3 Å². The summed E-state index contributed by atoms with van der Waals surface area (Å²) in [5, 5.41) is 8.53. The first-order valence-corrected chi connectivity index (χ1v) is 8.94. The molecule has 1 atom stereocenters. The van der Waals surface area contributed by atoms with Gasteiger partial charge in [0, 0.05) is 5.02 Å². The van der Waals surface area contributed by atoms with E-state index < -0.39 is 16.1 Å². The minimum atomic E-state index is -1.91. The standard InChI is InChI=1S/C12H11Cl6N3O2S/c1-2-23-11(22)21-9(12(16,17)18)20-10(24)19-8-6(14)3-5(13)4-7(8)15/h3-4,9H,2H2,1H3,(H,21,22)(H2,19,20,24)/t9-/m0/s1. The van der Waals surface area contributed by atoms with Crippen molar-refractivity contribution in [3.8, 4) is 0 Å². The van der Waals surface area contributed by atoms with Gasteiger partial charge < -0.3 is 15.4 Å². The maximum Gasteiger partial charge on any atom is 0.408 e. The molecule has 0 aromatic heterocycles. The SMILES string of the molecule is CCOC(=O)N[C@H](NC(=S)Nc1c(Cl)cc(Cl)cc1Cl)C(Cl)(Cl)Cl. The lowest BCUT2D eigenvalue weighted by Gasteiger charge is -2.27. The summed E-state index contributed by atoms with van der Waals surface area (Å²) in [6.45, 7) is 1.78. The van der Waals surface area contributed by atoms with E-state index in [1.165, 1.54) is 12.1 Å². The number of nitrogens with one attached hydrogen (secondary N) is 3. The van der Waals surface area contributed by atoms with Crippen molar-refractivity contribution in [1.29, 1.82) is 0 Å². The van der Waals surface area contributed by atoms with Crippen LogP contribution in [-0.2, 0) is 4.74 Å². The van der Waals surface area contributed by atoms with E-state index in [0.717, 1.165) is 0 Å². The molecule has 1 aromatic rings. The predicted octanol–water partition coefficient (Wildman–Crippen LogP) is 5.38. The van der Waals surface area contributed by atoms with Crippen molar-refractivity contribution < 1.29 is 9.53 Å². The third kappa shape index (κ3) is 7.04. The first-order chi connectivity index (χ1) is 11.0. The molecule has 3 N–H and O–H groups in total. The molecule has 0 bridgehead atoms. The van der Waals surface area contributed by atoms with Crippen LogP contribution in [0.3, 0.4) is 0 Å². The Hall–Kier alpha value is -0.0800. The van der Waals surface area contributed by atoms with Gasteiger partial charge in [-0.05, 0) is 31.3 Å². The lowest BCUT2D eigenvalue weighted by molar-refractivity contribution is 0.147. The fourth-order valence-electron chi connectivity index (χ4n) is 1.43. The van der Waals surface area contributed by atoms with Gasteiger partial charge in [-0.25, -0.2) is 4.79 Å². The summed E-state index contributed by atoms with van der Waals surface area (Å²) >= 11 is 40.5. The highest BCUT2D eigenvalue weighted by Gasteiger charge is 2.35. The van der Waals surface area contributed by atoms with Gasteiger partial charge >= 0.3 is 6.09 Å². The molecule has 5 nitrogen and oxygen atoms in total. The van der Waals surface area contributed by atoms with E-state index in [0.29, 0.717) is 10.7 Å². The van der Waals surface area contributed by atoms with Crippen LogP contribution in [0.1, 0.15) is 6.92 Å². The van der Waals surface area contributed by atoms with Gasteiger partial charge in [-0.1, -0.05) is 69.6 Å². The van der Waals surface area contributed by atoms with E-state index in [1.54, 1.807) is 6.92 Å². The number of rotatable bonds is 4. The minimum Gasteiger partial charge on any atom is -0.450 e. The Morgan fingerprint density at radius 1 is 1.21 bits per heavy atom. The van der Waals surface area contributed by atoms with Crippen LogP contribution in [-0.4, -0.2) is 27.8 Å². The van der Waals surface area contributed by atoms with Crippen molar-refractivity contribution in [3.05, 3.63) is 27.2 Å². The van der Waals surface area contributed by atoms with Crippen LogP contribution in [0.25, 0.3) is 0 Å². The summed E-state index contributed by atoms with van der Waals surface area (Å²) in [6.07, 6.45) is -1.96. The molecule has 0 fully saturated rings. The van der Waals surface area contributed by atoms with Gasteiger partial charge in [-0.3, -0.25) is 5.32 Å². The zero-order chi connectivity index (χ0) is 18.5. The van der Waals surface area contributed by atoms with Gasteiger partial charge in [0.1, 0.15) is 0 Å². The molecule has 24 heavy (non-hydrogen) atoms. The van der Waals surface area contributed by atoms with Crippen LogP contribution in [0.15, 0.2) is 12.1 Å². The molecule has 12 heteroatoms. The van der Waals surface area contributed by atoms with E-state index in [2.05, 4.69) is 16.0 Å². The molecule has 0 unspecified atom stereocenters. The maximum absolute atomic E-state index is 11.5. The Bertz CT molecular complexity index is 602.